The van der Waals surface area contributed by atoms with Gasteiger partial charge in [-0.1, -0.05) is 49.6 Å². The highest BCUT2D eigenvalue weighted by Crippen LogP contribution is 2.44. The van der Waals surface area contributed by atoms with E-state index in [1.807, 2.05) is 13.0 Å². The molecule has 26 heavy (non-hydrogen) atoms. The molecule has 0 fully saturated rings. The van der Waals surface area contributed by atoms with Gasteiger partial charge >= 0.3 is 0 Å². The standard InChI is InChI=1S/C20H27NO4S/c1-5-6-7-10-16-13-17(22)18(15-11-8-9-14(2)12-15)19(23)20(16)26(24,25)21(3)4/h8-9,11-13,22-23H,5-7,10H2,1-4H3. The third-order valence-electron chi connectivity index (χ3n) is 4.41. The minimum Gasteiger partial charge on any atom is -0.507 e. The van der Waals surface area contributed by atoms with Crippen LogP contribution in [0.5, 0.6) is 11.5 Å². The molecule has 2 aromatic carbocycles. The van der Waals surface area contributed by atoms with Crippen molar-refractivity contribution in [2.45, 2.75) is 44.4 Å². The largest absolute Gasteiger partial charge is 0.507 e. The fourth-order valence-corrected chi connectivity index (χ4v) is 4.20. The second-order valence-electron chi connectivity index (χ2n) is 6.72. The monoisotopic (exact) mass is 377 g/mol. The number of aromatic hydroxyl groups is 2. The van der Waals surface area contributed by atoms with Gasteiger partial charge in [0.25, 0.3) is 0 Å². The summed E-state index contributed by atoms with van der Waals surface area (Å²) in [6.45, 7) is 3.96. The van der Waals surface area contributed by atoms with E-state index >= 15 is 0 Å². The maximum atomic E-state index is 12.9. The Kier molecular flexibility index (Phi) is 6.31. The van der Waals surface area contributed by atoms with Crippen molar-refractivity contribution < 1.29 is 18.6 Å². The van der Waals surface area contributed by atoms with Crippen molar-refractivity contribution in [1.82, 2.24) is 4.31 Å². The molecule has 2 aromatic rings. The van der Waals surface area contributed by atoms with Crippen molar-refractivity contribution in [2.75, 3.05) is 14.1 Å². The molecule has 0 saturated heterocycles. The van der Waals surface area contributed by atoms with Crippen LogP contribution in [0.15, 0.2) is 35.2 Å². The van der Waals surface area contributed by atoms with E-state index in [1.54, 1.807) is 18.2 Å². The van der Waals surface area contributed by atoms with Crippen LogP contribution in [0.3, 0.4) is 0 Å². The zero-order valence-corrected chi connectivity index (χ0v) is 16.6. The molecule has 2 rings (SSSR count). The van der Waals surface area contributed by atoms with E-state index in [-0.39, 0.29) is 16.2 Å². The second kappa shape index (κ2) is 8.10. The van der Waals surface area contributed by atoms with E-state index in [9.17, 15) is 18.6 Å². The smallest absolute Gasteiger partial charge is 0.246 e. The highest BCUT2D eigenvalue weighted by Gasteiger charge is 2.29. The minimum absolute atomic E-state index is 0.114. The highest BCUT2D eigenvalue weighted by atomic mass is 32.2. The lowest BCUT2D eigenvalue weighted by atomic mass is 9.97. The molecule has 2 N–H and O–H groups in total. The summed E-state index contributed by atoms with van der Waals surface area (Å²) in [6, 6.07) is 8.72. The fraction of sp³-hybridized carbons (Fsp3) is 0.400. The van der Waals surface area contributed by atoms with Crippen molar-refractivity contribution in [3.05, 3.63) is 41.5 Å². The summed E-state index contributed by atoms with van der Waals surface area (Å²) >= 11 is 0. The van der Waals surface area contributed by atoms with Gasteiger partial charge in [0.2, 0.25) is 10.0 Å². The summed E-state index contributed by atoms with van der Waals surface area (Å²) in [7, 11) is -0.992. The Morgan fingerprint density at radius 2 is 1.77 bits per heavy atom. The van der Waals surface area contributed by atoms with Crippen LogP contribution in [0.4, 0.5) is 0 Å². The number of nitrogens with zero attached hydrogens (tertiary/aromatic N) is 1. The summed E-state index contributed by atoms with van der Waals surface area (Å²) in [6.07, 6.45) is 3.21. The average molecular weight is 378 g/mol. The molecule has 0 amide bonds. The van der Waals surface area contributed by atoms with Crippen molar-refractivity contribution >= 4 is 10.0 Å². The van der Waals surface area contributed by atoms with Gasteiger partial charge in [0.15, 0.2) is 0 Å². The van der Waals surface area contributed by atoms with Crippen LogP contribution in [0.2, 0.25) is 0 Å². The maximum absolute atomic E-state index is 12.9. The molecule has 0 spiro atoms. The van der Waals surface area contributed by atoms with Crippen LogP contribution < -0.4 is 0 Å². The molecule has 0 aliphatic heterocycles. The first-order chi connectivity index (χ1) is 12.2. The molecule has 6 heteroatoms. The number of phenols is 2. The van der Waals surface area contributed by atoms with Gasteiger partial charge in [-0.05, 0) is 37.0 Å². The lowest BCUT2D eigenvalue weighted by Crippen LogP contribution is -2.23. The molecule has 0 unspecified atom stereocenters. The molecule has 0 bridgehead atoms. The Balaban J connectivity index is 2.74. The average Bonchev–Trinajstić information content (AvgIpc) is 2.54. The van der Waals surface area contributed by atoms with Crippen LogP contribution in [-0.4, -0.2) is 37.0 Å². The first-order valence-corrected chi connectivity index (χ1v) is 10.2. The van der Waals surface area contributed by atoms with E-state index in [0.717, 1.165) is 29.1 Å². The van der Waals surface area contributed by atoms with Crippen LogP contribution >= 0.6 is 0 Å². The lowest BCUT2D eigenvalue weighted by molar-refractivity contribution is 0.436. The summed E-state index contributed by atoms with van der Waals surface area (Å²) in [4.78, 5) is -0.118. The number of rotatable bonds is 7. The summed E-state index contributed by atoms with van der Waals surface area (Å²) < 4.78 is 26.8. The molecule has 142 valence electrons. The topological polar surface area (TPSA) is 77.8 Å². The number of phenolic OH excluding ortho intramolecular Hbond substituents is 2. The van der Waals surface area contributed by atoms with Crippen LogP contribution in [0.1, 0.15) is 37.3 Å². The zero-order valence-electron chi connectivity index (χ0n) is 15.8. The van der Waals surface area contributed by atoms with Gasteiger partial charge in [-0.15, -0.1) is 0 Å². The number of aryl methyl sites for hydroxylation is 2. The molecule has 0 radical (unpaired) electrons. The van der Waals surface area contributed by atoms with E-state index in [2.05, 4.69) is 6.92 Å². The quantitative estimate of drug-likeness (QED) is 0.714. The van der Waals surface area contributed by atoms with Crippen LogP contribution in [-0.2, 0) is 16.4 Å². The Hall–Kier alpha value is -2.05. The molecular weight excluding hydrogens is 350 g/mol. The van der Waals surface area contributed by atoms with Crippen molar-refractivity contribution in [1.29, 1.82) is 0 Å². The number of hydrogen-bond donors (Lipinski definition) is 2. The van der Waals surface area contributed by atoms with Gasteiger partial charge in [0.1, 0.15) is 16.4 Å². The Morgan fingerprint density at radius 1 is 1.08 bits per heavy atom. The summed E-state index contributed by atoms with van der Waals surface area (Å²) in [5.41, 5.74) is 2.12. The van der Waals surface area contributed by atoms with Gasteiger partial charge in [0, 0.05) is 14.1 Å². The number of hydrogen-bond acceptors (Lipinski definition) is 4. The maximum Gasteiger partial charge on any atom is 0.246 e. The molecule has 0 aliphatic carbocycles. The van der Waals surface area contributed by atoms with Crippen molar-refractivity contribution in [3.8, 4) is 22.6 Å². The zero-order chi connectivity index (χ0) is 19.5. The van der Waals surface area contributed by atoms with Gasteiger partial charge in [-0.2, -0.15) is 0 Å². The second-order valence-corrected chi connectivity index (χ2v) is 8.81. The molecule has 0 aromatic heterocycles. The number of sulfonamides is 1. The highest BCUT2D eigenvalue weighted by molar-refractivity contribution is 7.89. The van der Waals surface area contributed by atoms with E-state index < -0.39 is 15.8 Å². The Labute approximate surface area is 156 Å². The Morgan fingerprint density at radius 3 is 2.35 bits per heavy atom. The number of benzene rings is 2. The third kappa shape index (κ3) is 4.02. The fourth-order valence-electron chi connectivity index (χ4n) is 3.00. The van der Waals surface area contributed by atoms with E-state index in [0.29, 0.717) is 17.5 Å². The predicted molar refractivity (Wildman–Crippen MR) is 104 cm³/mol. The Bertz CT molecular complexity index is 889. The van der Waals surface area contributed by atoms with Crippen LogP contribution in [0.25, 0.3) is 11.1 Å². The number of unbranched alkanes of at least 4 members (excludes halogenated alkanes) is 2. The SMILES string of the molecule is CCCCCc1cc(O)c(-c2cccc(C)c2)c(O)c1S(=O)(=O)N(C)C. The molecule has 0 aliphatic rings. The lowest BCUT2D eigenvalue weighted by Gasteiger charge is -2.20. The van der Waals surface area contributed by atoms with Gasteiger partial charge in [-0.25, -0.2) is 12.7 Å². The first kappa shape index (κ1) is 20.3. The predicted octanol–water partition coefficient (Wildman–Crippen LogP) is 4.06. The minimum atomic E-state index is -3.86. The molecule has 5 nitrogen and oxygen atoms in total. The van der Waals surface area contributed by atoms with E-state index in [1.165, 1.54) is 20.2 Å². The van der Waals surface area contributed by atoms with Gasteiger partial charge in [0.05, 0.1) is 5.56 Å². The molecular formula is C20H27NO4S. The molecule has 0 saturated carbocycles. The molecule has 0 atom stereocenters. The normalized spacial score (nSPS) is 11.9. The van der Waals surface area contributed by atoms with Gasteiger partial charge in [-0.3, -0.25) is 0 Å². The molecule has 0 heterocycles. The third-order valence-corrected chi connectivity index (χ3v) is 6.34. The van der Waals surface area contributed by atoms with Gasteiger partial charge < -0.3 is 10.2 Å². The summed E-state index contributed by atoms with van der Waals surface area (Å²) in [5, 5.41) is 21.4. The van der Waals surface area contributed by atoms with E-state index in [4.69, 9.17) is 0 Å². The summed E-state index contributed by atoms with van der Waals surface area (Å²) in [5.74, 6) is -0.506. The van der Waals surface area contributed by atoms with Crippen molar-refractivity contribution in [3.63, 3.8) is 0 Å². The van der Waals surface area contributed by atoms with Crippen LogP contribution in [0, 0.1) is 6.92 Å². The first-order valence-electron chi connectivity index (χ1n) is 8.77. The van der Waals surface area contributed by atoms with Crippen molar-refractivity contribution in [2.24, 2.45) is 0 Å².